The van der Waals surface area contributed by atoms with E-state index in [-0.39, 0.29) is 12.5 Å². The molecule has 0 atom stereocenters. The second-order valence-electron chi connectivity index (χ2n) is 3.73. The van der Waals surface area contributed by atoms with Crippen molar-refractivity contribution >= 4 is 19.7 Å². The molecule has 1 aromatic carbocycles. The molecule has 0 saturated heterocycles. The first-order valence-electron chi connectivity index (χ1n) is 4.69. The normalized spacial score (nSPS) is 14.2. The SMILES string of the molecule is Cc1cc(CS(=O)(=O)Cl)c2c(c1C)OCO2. The summed E-state index contributed by atoms with van der Waals surface area (Å²) in [4.78, 5) is 0. The fourth-order valence-electron chi connectivity index (χ4n) is 1.70. The number of rotatable bonds is 2. The molecule has 1 aromatic rings. The van der Waals surface area contributed by atoms with Crippen LogP contribution in [-0.4, -0.2) is 15.2 Å². The van der Waals surface area contributed by atoms with E-state index < -0.39 is 9.05 Å². The molecular formula is C10H11ClO4S. The summed E-state index contributed by atoms with van der Waals surface area (Å²) in [5.74, 6) is 0.865. The number of aryl methyl sites for hydroxylation is 1. The van der Waals surface area contributed by atoms with Crippen molar-refractivity contribution in [3.63, 3.8) is 0 Å². The second kappa shape index (κ2) is 3.82. The molecule has 0 saturated carbocycles. The van der Waals surface area contributed by atoms with Gasteiger partial charge in [0.25, 0.3) is 0 Å². The van der Waals surface area contributed by atoms with E-state index in [4.69, 9.17) is 20.2 Å². The van der Waals surface area contributed by atoms with Gasteiger partial charge in [0.1, 0.15) is 0 Å². The average molecular weight is 263 g/mol. The molecule has 0 N–H and O–H groups in total. The van der Waals surface area contributed by atoms with E-state index in [1.54, 1.807) is 6.07 Å². The van der Waals surface area contributed by atoms with Crippen LogP contribution in [0.15, 0.2) is 6.07 Å². The zero-order chi connectivity index (χ0) is 11.9. The molecule has 1 heterocycles. The maximum atomic E-state index is 11.1. The fraction of sp³-hybridized carbons (Fsp3) is 0.400. The van der Waals surface area contributed by atoms with Gasteiger partial charge in [-0.05, 0) is 25.0 Å². The third-order valence-electron chi connectivity index (χ3n) is 2.56. The Morgan fingerprint density at radius 2 is 1.94 bits per heavy atom. The highest BCUT2D eigenvalue weighted by Gasteiger charge is 2.24. The minimum absolute atomic E-state index is 0.120. The van der Waals surface area contributed by atoms with E-state index in [0.717, 1.165) is 11.1 Å². The van der Waals surface area contributed by atoms with Crippen LogP contribution in [0, 0.1) is 13.8 Å². The van der Waals surface area contributed by atoms with Gasteiger partial charge in [0.05, 0.1) is 5.75 Å². The molecule has 0 aliphatic carbocycles. The summed E-state index contributed by atoms with van der Waals surface area (Å²) in [6.07, 6.45) is 0. The summed E-state index contributed by atoms with van der Waals surface area (Å²) in [6.45, 7) is 3.92. The zero-order valence-electron chi connectivity index (χ0n) is 8.91. The first kappa shape index (κ1) is 11.5. The van der Waals surface area contributed by atoms with E-state index in [1.807, 2.05) is 13.8 Å². The predicted octanol–water partition coefficient (Wildman–Crippen LogP) is 2.10. The number of fused-ring (bicyclic) bond motifs is 1. The van der Waals surface area contributed by atoms with Gasteiger partial charge in [-0.1, -0.05) is 6.07 Å². The van der Waals surface area contributed by atoms with Crippen molar-refractivity contribution in [1.29, 1.82) is 0 Å². The molecule has 0 unspecified atom stereocenters. The highest BCUT2D eigenvalue weighted by atomic mass is 35.7. The monoisotopic (exact) mass is 262 g/mol. The maximum Gasteiger partial charge on any atom is 0.236 e. The van der Waals surface area contributed by atoms with Gasteiger partial charge in [-0.15, -0.1) is 0 Å². The van der Waals surface area contributed by atoms with Crippen molar-refractivity contribution in [3.8, 4) is 11.5 Å². The molecule has 0 spiro atoms. The van der Waals surface area contributed by atoms with E-state index in [9.17, 15) is 8.42 Å². The number of halogens is 1. The Balaban J connectivity index is 2.55. The minimum atomic E-state index is -3.59. The van der Waals surface area contributed by atoms with Crippen LogP contribution in [-0.2, 0) is 14.8 Å². The van der Waals surface area contributed by atoms with E-state index in [2.05, 4.69) is 0 Å². The Hall–Kier alpha value is -0.940. The summed E-state index contributed by atoms with van der Waals surface area (Å²) in [5.41, 5.74) is 2.47. The third-order valence-corrected chi connectivity index (χ3v) is 3.54. The van der Waals surface area contributed by atoms with Gasteiger partial charge in [0.15, 0.2) is 11.5 Å². The van der Waals surface area contributed by atoms with Crippen LogP contribution < -0.4 is 9.47 Å². The molecule has 0 bridgehead atoms. The first-order chi connectivity index (χ1) is 7.38. The number of hydrogen-bond acceptors (Lipinski definition) is 4. The molecule has 6 heteroatoms. The van der Waals surface area contributed by atoms with Gasteiger partial charge < -0.3 is 9.47 Å². The Morgan fingerprint density at radius 1 is 1.31 bits per heavy atom. The molecule has 16 heavy (non-hydrogen) atoms. The maximum absolute atomic E-state index is 11.1. The van der Waals surface area contributed by atoms with E-state index in [1.165, 1.54) is 0 Å². The lowest BCUT2D eigenvalue weighted by Gasteiger charge is -2.09. The smallest absolute Gasteiger partial charge is 0.236 e. The Morgan fingerprint density at radius 3 is 2.56 bits per heavy atom. The highest BCUT2D eigenvalue weighted by Crippen LogP contribution is 2.41. The van der Waals surface area contributed by atoms with Crippen molar-refractivity contribution in [1.82, 2.24) is 0 Å². The molecule has 4 nitrogen and oxygen atoms in total. The van der Waals surface area contributed by atoms with Crippen LogP contribution in [0.1, 0.15) is 16.7 Å². The largest absolute Gasteiger partial charge is 0.453 e. The van der Waals surface area contributed by atoms with Crippen LogP contribution in [0.4, 0.5) is 0 Å². The first-order valence-corrected chi connectivity index (χ1v) is 7.17. The van der Waals surface area contributed by atoms with Gasteiger partial charge in [-0.2, -0.15) is 0 Å². The van der Waals surface area contributed by atoms with Gasteiger partial charge in [0, 0.05) is 16.2 Å². The van der Waals surface area contributed by atoms with E-state index >= 15 is 0 Å². The Kier molecular flexibility index (Phi) is 2.75. The lowest BCUT2D eigenvalue weighted by molar-refractivity contribution is 0.173. The van der Waals surface area contributed by atoms with Crippen LogP contribution >= 0.6 is 10.7 Å². The van der Waals surface area contributed by atoms with Crippen molar-refractivity contribution < 1.29 is 17.9 Å². The molecule has 0 radical (unpaired) electrons. The highest BCUT2D eigenvalue weighted by molar-refractivity contribution is 8.13. The number of hydrogen-bond donors (Lipinski definition) is 0. The summed E-state index contributed by atoms with van der Waals surface area (Å²) in [7, 11) is 1.65. The van der Waals surface area contributed by atoms with Crippen molar-refractivity contribution in [3.05, 3.63) is 22.8 Å². The van der Waals surface area contributed by atoms with Crippen LogP contribution in [0.3, 0.4) is 0 Å². The summed E-state index contributed by atoms with van der Waals surface area (Å²) in [5, 5.41) is 0. The summed E-state index contributed by atoms with van der Waals surface area (Å²) >= 11 is 0. The lowest BCUT2D eigenvalue weighted by atomic mass is 10.0. The van der Waals surface area contributed by atoms with Crippen LogP contribution in [0.5, 0.6) is 11.5 Å². The van der Waals surface area contributed by atoms with Gasteiger partial charge in [0.2, 0.25) is 15.8 Å². The summed E-state index contributed by atoms with van der Waals surface area (Å²) in [6, 6.07) is 1.77. The van der Waals surface area contributed by atoms with Crippen LogP contribution in [0.2, 0.25) is 0 Å². The van der Waals surface area contributed by atoms with Crippen LogP contribution in [0.25, 0.3) is 0 Å². The molecule has 2 rings (SSSR count). The quantitative estimate of drug-likeness (QED) is 0.766. The second-order valence-corrected chi connectivity index (χ2v) is 6.50. The molecule has 88 valence electrons. The molecule has 0 fully saturated rings. The van der Waals surface area contributed by atoms with Crippen molar-refractivity contribution in [2.75, 3.05) is 6.79 Å². The predicted molar refractivity (Wildman–Crippen MR) is 60.5 cm³/mol. The Bertz CT molecular complexity index is 536. The number of ether oxygens (including phenoxy) is 2. The third kappa shape index (κ3) is 2.10. The average Bonchev–Trinajstić information content (AvgIpc) is 2.60. The fourth-order valence-corrected chi connectivity index (χ4v) is 2.64. The molecule has 1 aliphatic rings. The van der Waals surface area contributed by atoms with Crippen molar-refractivity contribution in [2.45, 2.75) is 19.6 Å². The molecule has 0 amide bonds. The minimum Gasteiger partial charge on any atom is -0.453 e. The number of benzene rings is 1. The van der Waals surface area contributed by atoms with Gasteiger partial charge in [-0.25, -0.2) is 8.42 Å². The molecular weight excluding hydrogens is 252 g/mol. The standard InChI is InChI=1S/C10H11ClO4S/c1-6-3-8(4-16(11,12)13)10-9(7(6)2)14-5-15-10/h3H,4-5H2,1-2H3. The molecule has 1 aliphatic heterocycles. The topological polar surface area (TPSA) is 52.6 Å². The van der Waals surface area contributed by atoms with E-state index in [0.29, 0.717) is 17.1 Å². The Labute approximate surface area is 98.5 Å². The van der Waals surface area contributed by atoms with Gasteiger partial charge >= 0.3 is 0 Å². The van der Waals surface area contributed by atoms with Crippen molar-refractivity contribution in [2.24, 2.45) is 0 Å². The summed E-state index contributed by atoms with van der Waals surface area (Å²) < 4.78 is 32.7. The lowest BCUT2D eigenvalue weighted by Crippen LogP contribution is -1.99. The van der Waals surface area contributed by atoms with Gasteiger partial charge in [-0.3, -0.25) is 0 Å². The zero-order valence-corrected chi connectivity index (χ0v) is 10.5. The molecule has 0 aromatic heterocycles.